The summed E-state index contributed by atoms with van der Waals surface area (Å²) >= 11 is 0. The van der Waals surface area contributed by atoms with E-state index < -0.39 is 17.4 Å². The number of esters is 1. The first-order chi connectivity index (χ1) is 15.9. The Balaban J connectivity index is 1.69. The zero-order chi connectivity index (χ0) is 23.6. The Bertz CT molecular complexity index is 1080. The van der Waals surface area contributed by atoms with Gasteiger partial charge in [0.15, 0.2) is 0 Å². The van der Waals surface area contributed by atoms with Gasteiger partial charge in [-0.25, -0.2) is 4.79 Å². The topological polar surface area (TPSA) is 84.0 Å². The Morgan fingerprint density at radius 1 is 1.06 bits per heavy atom. The van der Waals surface area contributed by atoms with Crippen molar-refractivity contribution in [2.45, 2.75) is 50.6 Å². The van der Waals surface area contributed by atoms with Gasteiger partial charge in [-0.15, -0.1) is 0 Å². The summed E-state index contributed by atoms with van der Waals surface area (Å²) in [4.78, 5) is 55.4. The second-order valence-electron chi connectivity index (χ2n) is 8.79. The van der Waals surface area contributed by atoms with E-state index in [9.17, 15) is 19.2 Å². The van der Waals surface area contributed by atoms with Crippen molar-refractivity contribution in [2.75, 3.05) is 13.7 Å². The summed E-state index contributed by atoms with van der Waals surface area (Å²) in [5.74, 6) is -1.43. The minimum atomic E-state index is -1.29. The molecule has 0 unspecified atom stereocenters. The maximum absolute atomic E-state index is 13.9. The number of methoxy groups -OCH3 is 1. The van der Waals surface area contributed by atoms with Crippen LogP contribution in [0.15, 0.2) is 54.6 Å². The van der Waals surface area contributed by atoms with Crippen molar-refractivity contribution in [3.8, 4) is 0 Å². The van der Waals surface area contributed by atoms with E-state index in [4.69, 9.17) is 4.74 Å². The van der Waals surface area contributed by atoms with Crippen LogP contribution < -0.4 is 0 Å². The second kappa shape index (κ2) is 9.17. The van der Waals surface area contributed by atoms with Crippen LogP contribution in [0.3, 0.4) is 0 Å². The Morgan fingerprint density at radius 3 is 2.45 bits per heavy atom. The van der Waals surface area contributed by atoms with Crippen LogP contribution >= 0.6 is 0 Å². The summed E-state index contributed by atoms with van der Waals surface area (Å²) in [6.07, 6.45) is 0.978. The van der Waals surface area contributed by atoms with Crippen LogP contribution in [0.1, 0.15) is 42.4 Å². The number of carbonyl (C=O) groups excluding carboxylic acids is 4. The molecule has 172 valence electrons. The summed E-state index contributed by atoms with van der Waals surface area (Å²) in [5, 5.41) is 0. The Labute approximate surface area is 193 Å². The fourth-order valence-electron chi connectivity index (χ4n) is 5.09. The number of hydrogen-bond donors (Lipinski definition) is 0. The molecule has 2 heterocycles. The smallest absolute Gasteiger partial charge is 0.328 e. The number of aryl methyl sites for hydroxylation is 1. The lowest BCUT2D eigenvalue weighted by atomic mass is 9.74. The normalized spacial score (nSPS) is 22.7. The van der Waals surface area contributed by atoms with E-state index in [1.807, 2.05) is 61.5 Å². The molecule has 2 aliphatic rings. The predicted octanol–water partition coefficient (Wildman–Crippen LogP) is 2.75. The number of carbonyl (C=O) groups is 4. The summed E-state index contributed by atoms with van der Waals surface area (Å²) in [5.41, 5.74) is 1.08. The van der Waals surface area contributed by atoms with Crippen molar-refractivity contribution in [3.63, 3.8) is 0 Å². The van der Waals surface area contributed by atoms with Gasteiger partial charge in [0, 0.05) is 19.4 Å². The van der Waals surface area contributed by atoms with Gasteiger partial charge in [-0.1, -0.05) is 54.6 Å². The van der Waals surface area contributed by atoms with Crippen molar-refractivity contribution >= 4 is 23.7 Å². The van der Waals surface area contributed by atoms with Crippen molar-refractivity contribution in [3.05, 3.63) is 71.3 Å². The van der Waals surface area contributed by atoms with Crippen LogP contribution in [0.25, 0.3) is 0 Å². The third kappa shape index (κ3) is 4.15. The highest BCUT2D eigenvalue weighted by Gasteiger charge is 2.55. The van der Waals surface area contributed by atoms with Crippen molar-refractivity contribution in [1.82, 2.24) is 9.80 Å². The molecule has 7 heteroatoms. The van der Waals surface area contributed by atoms with E-state index in [1.54, 1.807) is 0 Å². The Hall–Kier alpha value is -3.48. The molecule has 0 N–H and O–H groups in total. The third-order valence-corrected chi connectivity index (χ3v) is 6.75. The first-order valence-electron chi connectivity index (χ1n) is 11.2. The predicted molar refractivity (Wildman–Crippen MR) is 121 cm³/mol. The van der Waals surface area contributed by atoms with Crippen molar-refractivity contribution < 1.29 is 23.9 Å². The molecule has 0 bridgehead atoms. The van der Waals surface area contributed by atoms with Gasteiger partial charge in [0.1, 0.15) is 6.04 Å². The highest BCUT2D eigenvalue weighted by Crippen LogP contribution is 2.42. The largest absolute Gasteiger partial charge is 0.467 e. The SMILES string of the molecule is COC(=O)[C@@H]1CCCN1C(=O)C[C@]1(c2ccccc2C)CC(=O)N(Cc2ccccc2)C1=O. The summed E-state index contributed by atoms with van der Waals surface area (Å²) in [7, 11) is 1.30. The number of ether oxygens (including phenoxy) is 1. The number of hydrogen-bond acceptors (Lipinski definition) is 5. The lowest BCUT2D eigenvalue weighted by Crippen LogP contribution is -2.46. The fourth-order valence-corrected chi connectivity index (χ4v) is 5.09. The molecule has 0 radical (unpaired) electrons. The zero-order valence-electron chi connectivity index (χ0n) is 19.0. The highest BCUT2D eigenvalue weighted by atomic mass is 16.5. The van der Waals surface area contributed by atoms with E-state index >= 15 is 0 Å². The van der Waals surface area contributed by atoms with Crippen molar-refractivity contribution in [1.29, 1.82) is 0 Å². The number of benzene rings is 2. The molecule has 2 saturated heterocycles. The minimum absolute atomic E-state index is 0.0774. The minimum Gasteiger partial charge on any atom is -0.467 e. The number of amides is 3. The molecule has 2 aromatic rings. The molecule has 2 aromatic carbocycles. The molecule has 2 fully saturated rings. The quantitative estimate of drug-likeness (QED) is 0.501. The first-order valence-corrected chi connectivity index (χ1v) is 11.2. The Morgan fingerprint density at radius 2 is 1.76 bits per heavy atom. The van der Waals surface area contributed by atoms with E-state index in [0.717, 1.165) is 11.1 Å². The van der Waals surface area contributed by atoms with Gasteiger partial charge in [0.05, 0.1) is 19.1 Å². The van der Waals surface area contributed by atoms with E-state index in [-0.39, 0.29) is 37.1 Å². The fraction of sp³-hybridized carbons (Fsp3) is 0.385. The lowest BCUT2D eigenvalue weighted by Gasteiger charge is -2.31. The summed E-state index contributed by atoms with van der Waals surface area (Å²) < 4.78 is 4.87. The molecular formula is C26H28N2O5. The second-order valence-corrected chi connectivity index (χ2v) is 8.79. The molecule has 0 saturated carbocycles. The summed E-state index contributed by atoms with van der Waals surface area (Å²) in [6, 6.07) is 16.1. The van der Waals surface area contributed by atoms with E-state index in [1.165, 1.54) is 16.9 Å². The van der Waals surface area contributed by atoms with Gasteiger partial charge in [-0.05, 0) is 36.5 Å². The molecule has 3 amide bonds. The molecule has 4 rings (SSSR count). The molecule has 0 aromatic heterocycles. The lowest BCUT2D eigenvalue weighted by molar-refractivity contribution is -0.151. The number of imide groups is 1. The third-order valence-electron chi connectivity index (χ3n) is 6.75. The number of rotatable bonds is 6. The van der Waals surface area contributed by atoms with Gasteiger partial charge in [0.25, 0.3) is 0 Å². The Kier molecular flexibility index (Phi) is 6.31. The van der Waals surface area contributed by atoms with Gasteiger partial charge in [-0.2, -0.15) is 0 Å². The van der Waals surface area contributed by atoms with Crippen LogP contribution in [0.5, 0.6) is 0 Å². The molecule has 2 atom stereocenters. The molecule has 2 aliphatic heterocycles. The van der Waals surface area contributed by atoms with Crippen molar-refractivity contribution in [2.24, 2.45) is 0 Å². The maximum atomic E-state index is 13.9. The van der Waals surface area contributed by atoms with Crippen LogP contribution in [0.4, 0.5) is 0 Å². The molecular weight excluding hydrogens is 420 g/mol. The standard InChI is InChI=1S/C26H28N2O5/c1-18-9-6-7-12-20(18)26(15-22(29)27-14-8-13-21(27)24(31)33-2)16-23(30)28(25(26)32)17-19-10-4-3-5-11-19/h3-7,9-12,21H,8,13-17H2,1-2H3/t21-,26+/m0/s1. The van der Waals surface area contributed by atoms with Crippen LogP contribution in [-0.4, -0.2) is 53.2 Å². The van der Waals surface area contributed by atoms with Gasteiger partial charge >= 0.3 is 5.97 Å². The van der Waals surface area contributed by atoms with Gasteiger partial charge < -0.3 is 9.64 Å². The van der Waals surface area contributed by atoms with Gasteiger partial charge in [0.2, 0.25) is 17.7 Å². The average Bonchev–Trinajstić information content (AvgIpc) is 3.40. The van der Waals surface area contributed by atoms with Crippen LogP contribution in [-0.2, 0) is 35.9 Å². The molecule has 7 nitrogen and oxygen atoms in total. The summed E-state index contributed by atoms with van der Waals surface area (Å²) in [6.45, 7) is 2.47. The zero-order valence-corrected chi connectivity index (χ0v) is 19.0. The number of likely N-dealkylation sites (tertiary alicyclic amines) is 2. The van der Waals surface area contributed by atoms with Crippen LogP contribution in [0, 0.1) is 6.92 Å². The van der Waals surface area contributed by atoms with E-state index in [0.29, 0.717) is 24.9 Å². The first kappa shape index (κ1) is 22.7. The van der Waals surface area contributed by atoms with Gasteiger partial charge in [-0.3, -0.25) is 19.3 Å². The molecule has 33 heavy (non-hydrogen) atoms. The highest BCUT2D eigenvalue weighted by molar-refractivity contribution is 6.11. The molecule has 0 spiro atoms. The maximum Gasteiger partial charge on any atom is 0.328 e. The number of nitrogens with zero attached hydrogens (tertiary/aromatic N) is 2. The van der Waals surface area contributed by atoms with E-state index in [2.05, 4.69) is 0 Å². The average molecular weight is 449 g/mol. The van der Waals surface area contributed by atoms with Crippen LogP contribution in [0.2, 0.25) is 0 Å². The molecule has 0 aliphatic carbocycles. The monoisotopic (exact) mass is 448 g/mol.